The first-order valence-electron chi connectivity index (χ1n) is 11.1. The normalized spacial score (nSPS) is 23.1. The maximum Gasteiger partial charge on any atom is 0.281 e. The van der Waals surface area contributed by atoms with Gasteiger partial charge in [-0.15, -0.1) is 0 Å². The minimum Gasteiger partial charge on any atom is -0.431 e. The van der Waals surface area contributed by atoms with Crippen LogP contribution in [0.5, 0.6) is 10.9 Å². The lowest BCUT2D eigenvalue weighted by Gasteiger charge is -2.39. The highest BCUT2D eigenvalue weighted by molar-refractivity contribution is 7.20. The van der Waals surface area contributed by atoms with Crippen LogP contribution in [0.25, 0.3) is 21.3 Å². The number of aromatic amines is 1. The molecule has 0 radical (unpaired) electrons. The summed E-state index contributed by atoms with van der Waals surface area (Å²) < 4.78 is 7.04. The number of carbonyl (C=O) groups excluding carboxylic acids is 1. The number of carbonyl (C=O) groups is 1. The quantitative estimate of drug-likeness (QED) is 0.467. The van der Waals surface area contributed by atoms with Gasteiger partial charge in [0.2, 0.25) is 5.91 Å². The molecule has 0 saturated carbocycles. The fourth-order valence-electron chi connectivity index (χ4n) is 5.39. The van der Waals surface area contributed by atoms with Crippen molar-refractivity contribution in [1.82, 2.24) is 25.2 Å². The smallest absolute Gasteiger partial charge is 0.281 e. The Labute approximate surface area is 189 Å². The van der Waals surface area contributed by atoms with Crippen molar-refractivity contribution in [3.63, 3.8) is 0 Å². The molecule has 3 atom stereocenters. The lowest BCUT2D eigenvalue weighted by molar-refractivity contribution is -0.120. The molecule has 8 heteroatoms. The molecule has 6 rings (SSSR count). The van der Waals surface area contributed by atoms with Gasteiger partial charge in [0.15, 0.2) is 5.65 Å². The Balaban J connectivity index is 1.18. The summed E-state index contributed by atoms with van der Waals surface area (Å²) in [5.74, 6) is 0.848. The monoisotopic (exact) mass is 447 g/mol. The van der Waals surface area contributed by atoms with Gasteiger partial charge >= 0.3 is 0 Å². The predicted molar refractivity (Wildman–Crippen MR) is 125 cm³/mol. The van der Waals surface area contributed by atoms with E-state index < -0.39 is 0 Å². The van der Waals surface area contributed by atoms with Crippen molar-refractivity contribution in [3.8, 4) is 10.9 Å². The molecule has 2 fully saturated rings. The van der Waals surface area contributed by atoms with Crippen molar-refractivity contribution in [3.05, 3.63) is 48.3 Å². The number of rotatable bonds is 5. The zero-order chi connectivity index (χ0) is 21.7. The molecule has 164 valence electrons. The number of ether oxygens (including phenoxy) is 1. The lowest BCUT2D eigenvalue weighted by Crippen LogP contribution is -2.49. The Morgan fingerprint density at radius 2 is 2.12 bits per heavy atom. The van der Waals surface area contributed by atoms with Crippen molar-refractivity contribution in [2.45, 2.75) is 57.3 Å². The van der Waals surface area contributed by atoms with E-state index in [1.54, 1.807) is 13.1 Å². The van der Waals surface area contributed by atoms with Crippen LogP contribution in [0.2, 0.25) is 0 Å². The average molecular weight is 448 g/mol. The van der Waals surface area contributed by atoms with Crippen LogP contribution < -0.4 is 10.1 Å². The Morgan fingerprint density at radius 3 is 2.91 bits per heavy atom. The molecule has 2 aliphatic heterocycles. The van der Waals surface area contributed by atoms with Crippen molar-refractivity contribution >= 4 is 38.5 Å². The zero-order valence-corrected chi connectivity index (χ0v) is 18.7. The molecular weight excluding hydrogens is 422 g/mol. The third-order valence-electron chi connectivity index (χ3n) is 6.73. The maximum atomic E-state index is 11.5. The number of nitrogens with one attached hydrogen (secondary N) is 2. The highest BCUT2D eigenvalue weighted by Gasteiger charge is 2.40. The molecule has 32 heavy (non-hydrogen) atoms. The SMILES string of the molecule is CC(=O)N[C@H]1C[C@H]2CC[C@@H](C1)N2Cc1c[nH]c2cc(Oc3nc4ncccc4s3)ccc12. The number of piperidine rings is 1. The number of amides is 1. The minimum atomic E-state index is 0.0830. The van der Waals surface area contributed by atoms with Crippen LogP contribution >= 0.6 is 11.3 Å². The van der Waals surface area contributed by atoms with Crippen molar-refractivity contribution in [2.24, 2.45) is 0 Å². The van der Waals surface area contributed by atoms with Gasteiger partial charge in [-0.2, -0.15) is 4.98 Å². The molecule has 1 aromatic carbocycles. The van der Waals surface area contributed by atoms with Gasteiger partial charge in [-0.3, -0.25) is 9.69 Å². The number of hydrogen-bond acceptors (Lipinski definition) is 6. The van der Waals surface area contributed by atoms with Gasteiger partial charge in [0.1, 0.15) is 5.75 Å². The van der Waals surface area contributed by atoms with Crippen LogP contribution in [-0.2, 0) is 11.3 Å². The van der Waals surface area contributed by atoms with Gasteiger partial charge in [-0.05, 0) is 55.5 Å². The van der Waals surface area contributed by atoms with Crippen LogP contribution in [0.15, 0.2) is 42.7 Å². The number of nitrogens with zero attached hydrogens (tertiary/aromatic N) is 3. The third-order valence-corrected chi connectivity index (χ3v) is 7.62. The number of hydrogen-bond donors (Lipinski definition) is 2. The largest absolute Gasteiger partial charge is 0.431 e. The number of benzene rings is 1. The molecule has 0 aliphatic carbocycles. The standard InChI is InChI=1S/C24H25N5O2S/c1-14(30)27-16-9-17-4-5-18(10-16)29(17)13-15-12-26-21-11-19(6-7-20(15)21)31-24-28-23-22(32-24)3-2-8-25-23/h2-3,6-8,11-12,16-18,26H,4-5,9-10,13H2,1H3,(H,27,30)/t16-,17+,18-. The molecule has 5 heterocycles. The second-order valence-electron chi connectivity index (χ2n) is 8.85. The van der Waals surface area contributed by atoms with Crippen molar-refractivity contribution in [1.29, 1.82) is 0 Å². The first-order valence-corrected chi connectivity index (χ1v) is 12.0. The molecule has 2 N–H and O–H groups in total. The van der Waals surface area contributed by atoms with Gasteiger partial charge in [0.05, 0.1) is 4.70 Å². The molecule has 7 nitrogen and oxygen atoms in total. The number of pyridine rings is 1. The fourth-order valence-corrected chi connectivity index (χ4v) is 6.18. The summed E-state index contributed by atoms with van der Waals surface area (Å²) in [4.78, 5) is 26.3. The summed E-state index contributed by atoms with van der Waals surface area (Å²) in [7, 11) is 0. The molecule has 3 aromatic heterocycles. The molecule has 1 amide bonds. The van der Waals surface area contributed by atoms with E-state index in [2.05, 4.69) is 37.4 Å². The number of aromatic nitrogens is 3. The van der Waals surface area contributed by atoms with Crippen LogP contribution in [0.4, 0.5) is 0 Å². The lowest BCUT2D eigenvalue weighted by atomic mass is 9.96. The van der Waals surface area contributed by atoms with E-state index in [-0.39, 0.29) is 5.91 Å². The highest BCUT2D eigenvalue weighted by atomic mass is 32.1. The van der Waals surface area contributed by atoms with E-state index in [4.69, 9.17) is 4.74 Å². The van der Waals surface area contributed by atoms with Crippen LogP contribution in [0.3, 0.4) is 0 Å². The summed E-state index contributed by atoms with van der Waals surface area (Å²) in [6.45, 7) is 2.55. The Morgan fingerprint density at radius 1 is 1.28 bits per heavy atom. The molecule has 2 bridgehead atoms. The summed E-state index contributed by atoms with van der Waals surface area (Å²) in [6.07, 6.45) is 8.40. The Bertz CT molecular complexity index is 1250. The van der Waals surface area contributed by atoms with E-state index in [1.807, 2.05) is 24.3 Å². The summed E-state index contributed by atoms with van der Waals surface area (Å²) in [5, 5.41) is 4.96. The molecule has 0 unspecified atom stereocenters. The first kappa shape index (κ1) is 19.7. The van der Waals surface area contributed by atoms with Crippen LogP contribution in [0, 0.1) is 0 Å². The van der Waals surface area contributed by atoms with E-state index in [1.165, 1.54) is 35.1 Å². The summed E-state index contributed by atoms with van der Waals surface area (Å²) >= 11 is 1.50. The van der Waals surface area contributed by atoms with E-state index in [9.17, 15) is 4.79 Å². The zero-order valence-electron chi connectivity index (χ0n) is 17.9. The number of thiazole rings is 1. The molecule has 2 aliphatic rings. The molecule has 2 saturated heterocycles. The number of H-pyrrole nitrogens is 1. The van der Waals surface area contributed by atoms with Crippen LogP contribution in [-0.4, -0.2) is 43.9 Å². The number of fused-ring (bicyclic) bond motifs is 4. The highest BCUT2D eigenvalue weighted by Crippen LogP contribution is 2.38. The van der Waals surface area contributed by atoms with E-state index in [0.717, 1.165) is 35.4 Å². The second kappa shape index (κ2) is 7.86. The summed E-state index contributed by atoms with van der Waals surface area (Å²) in [5.41, 5.74) is 3.09. The van der Waals surface area contributed by atoms with Gasteiger partial charge in [0, 0.05) is 61.0 Å². The third kappa shape index (κ3) is 3.63. The van der Waals surface area contributed by atoms with Crippen molar-refractivity contribution < 1.29 is 9.53 Å². The predicted octanol–water partition coefficient (Wildman–Crippen LogP) is 4.60. The van der Waals surface area contributed by atoms with Crippen molar-refractivity contribution in [2.75, 3.05) is 0 Å². The van der Waals surface area contributed by atoms with Gasteiger partial charge < -0.3 is 15.0 Å². The average Bonchev–Trinajstić information content (AvgIpc) is 3.42. The molecular formula is C24H25N5O2S. The maximum absolute atomic E-state index is 11.5. The molecule has 4 aromatic rings. The van der Waals surface area contributed by atoms with Crippen LogP contribution in [0.1, 0.15) is 38.2 Å². The minimum absolute atomic E-state index is 0.0830. The first-order chi connectivity index (χ1) is 15.6. The van der Waals surface area contributed by atoms with Gasteiger partial charge in [-0.1, -0.05) is 11.3 Å². The summed E-state index contributed by atoms with van der Waals surface area (Å²) in [6, 6.07) is 11.5. The Kier molecular flexibility index (Phi) is 4.84. The Hall–Kier alpha value is -2.97. The second-order valence-corrected chi connectivity index (χ2v) is 9.85. The van der Waals surface area contributed by atoms with Gasteiger partial charge in [-0.25, -0.2) is 4.98 Å². The fraction of sp³-hybridized carbons (Fsp3) is 0.375. The van der Waals surface area contributed by atoms with Gasteiger partial charge in [0.25, 0.3) is 5.19 Å². The topological polar surface area (TPSA) is 83.1 Å². The van der Waals surface area contributed by atoms with E-state index >= 15 is 0 Å². The van der Waals surface area contributed by atoms with E-state index in [0.29, 0.717) is 29.0 Å². The molecule has 0 spiro atoms.